The molecule has 0 unspecified atom stereocenters. The van der Waals surface area contributed by atoms with Crippen LogP contribution >= 0.6 is 24.0 Å². The molecule has 0 bridgehead atoms. The number of hydrogen-bond donors (Lipinski definition) is 0. The molecule has 0 spiro atoms. The number of carbonyl (C=O) groups is 1. The summed E-state index contributed by atoms with van der Waals surface area (Å²) < 4.78 is 5.46. The molecule has 0 radical (unpaired) electrons. The molecule has 0 atom stereocenters. The number of thioether (sulfide) groups is 1. The second-order valence-corrected chi connectivity index (χ2v) is 6.47. The van der Waals surface area contributed by atoms with Crippen molar-refractivity contribution in [3.05, 3.63) is 62.7 Å². The molecule has 1 fully saturated rings. The number of rotatable bonds is 3. The van der Waals surface area contributed by atoms with E-state index in [1.165, 1.54) is 23.1 Å². The number of amides is 1. The summed E-state index contributed by atoms with van der Waals surface area (Å²) in [5, 5.41) is 10.6. The highest BCUT2D eigenvalue weighted by Crippen LogP contribution is 2.36. The fraction of sp³-hybridized carbons (Fsp3) is 0.0667. The standard InChI is InChI=1S/C15H10N2O4S2/c1-9-3-2-4-10(7-9)16-14(18)12(23-15(16)22)8-11-5-6-13(21-11)17(19)20/h2-8H,1H3/b12-8+. The lowest BCUT2D eigenvalue weighted by atomic mass is 10.2. The second-order valence-electron chi connectivity index (χ2n) is 4.79. The molecule has 116 valence electrons. The minimum Gasteiger partial charge on any atom is -0.401 e. The van der Waals surface area contributed by atoms with E-state index in [-0.39, 0.29) is 17.6 Å². The summed E-state index contributed by atoms with van der Waals surface area (Å²) in [4.78, 5) is 24.3. The molecule has 0 aliphatic carbocycles. The van der Waals surface area contributed by atoms with Gasteiger partial charge in [-0.05, 0) is 30.7 Å². The highest BCUT2D eigenvalue weighted by atomic mass is 32.2. The molecule has 23 heavy (non-hydrogen) atoms. The third-order valence-corrected chi connectivity index (χ3v) is 4.42. The van der Waals surface area contributed by atoms with Gasteiger partial charge in [-0.15, -0.1) is 0 Å². The first kappa shape index (κ1) is 15.4. The Morgan fingerprint density at radius 3 is 2.78 bits per heavy atom. The first-order valence-electron chi connectivity index (χ1n) is 6.54. The van der Waals surface area contributed by atoms with Crippen molar-refractivity contribution in [2.45, 2.75) is 6.92 Å². The lowest BCUT2D eigenvalue weighted by Gasteiger charge is -2.14. The summed E-state index contributed by atoms with van der Waals surface area (Å²) in [5.41, 5.74) is 1.71. The molecule has 6 nitrogen and oxygen atoms in total. The lowest BCUT2D eigenvalue weighted by molar-refractivity contribution is -0.402. The van der Waals surface area contributed by atoms with Gasteiger partial charge in [0.1, 0.15) is 10.7 Å². The summed E-state index contributed by atoms with van der Waals surface area (Å²) in [5.74, 6) is -0.406. The number of carbonyl (C=O) groups excluding carboxylic acids is 1. The van der Waals surface area contributed by atoms with Gasteiger partial charge in [-0.2, -0.15) is 0 Å². The third kappa shape index (κ3) is 3.03. The number of benzene rings is 1. The van der Waals surface area contributed by atoms with Crippen LogP contribution in [-0.2, 0) is 4.79 Å². The largest absolute Gasteiger partial charge is 0.433 e. The zero-order valence-electron chi connectivity index (χ0n) is 11.9. The minimum atomic E-state index is -0.630. The van der Waals surface area contributed by atoms with Gasteiger partial charge in [-0.25, -0.2) is 0 Å². The zero-order chi connectivity index (χ0) is 16.6. The number of aryl methyl sites for hydroxylation is 1. The van der Waals surface area contributed by atoms with Crippen LogP contribution in [0.2, 0.25) is 0 Å². The van der Waals surface area contributed by atoms with Gasteiger partial charge in [0.05, 0.1) is 16.7 Å². The van der Waals surface area contributed by atoms with E-state index in [1.54, 1.807) is 6.07 Å². The molecule has 1 aliphatic heterocycles. The lowest BCUT2D eigenvalue weighted by Crippen LogP contribution is -2.27. The topological polar surface area (TPSA) is 76.6 Å². The molecule has 1 aliphatic rings. The summed E-state index contributed by atoms with van der Waals surface area (Å²) in [7, 11) is 0. The van der Waals surface area contributed by atoms with Crippen LogP contribution in [0.25, 0.3) is 6.08 Å². The number of hydrogen-bond acceptors (Lipinski definition) is 6. The van der Waals surface area contributed by atoms with Gasteiger partial charge in [-0.3, -0.25) is 19.8 Å². The molecule has 0 saturated carbocycles. The van der Waals surface area contributed by atoms with E-state index in [9.17, 15) is 14.9 Å². The van der Waals surface area contributed by atoms with E-state index in [0.717, 1.165) is 17.3 Å². The van der Waals surface area contributed by atoms with Crippen LogP contribution in [0.15, 0.2) is 45.7 Å². The predicted octanol–water partition coefficient (Wildman–Crippen LogP) is 3.90. The SMILES string of the molecule is Cc1cccc(N2C(=O)/C(=C\c3ccc([N+](=O)[O-])o3)SC2=S)c1. The van der Waals surface area contributed by atoms with E-state index in [4.69, 9.17) is 16.6 Å². The fourth-order valence-corrected chi connectivity index (χ4v) is 3.38. The Morgan fingerprint density at radius 2 is 2.13 bits per heavy atom. The molecule has 2 aromatic rings. The number of nitro groups is 1. The Labute approximate surface area is 140 Å². The van der Waals surface area contributed by atoms with E-state index >= 15 is 0 Å². The second kappa shape index (κ2) is 5.98. The van der Waals surface area contributed by atoms with Gasteiger partial charge in [-0.1, -0.05) is 36.1 Å². The Hall–Kier alpha value is -2.45. The summed E-state index contributed by atoms with van der Waals surface area (Å²) in [6.45, 7) is 1.93. The zero-order valence-corrected chi connectivity index (χ0v) is 13.5. The van der Waals surface area contributed by atoms with Crippen LogP contribution in [0.4, 0.5) is 11.6 Å². The molecular formula is C15H10N2O4S2. The number of nitrogens with zero attached hydrogens (tertiary/aromatic N) is 2. The van der Waals surface area contributed by atoms with Crippen molar-refractivity contribution in [2.24, 2.45) is 0 Å². The van der Waals surface area contributed by atoms with E-state index in [1.807, 2.05) is 25.1 Å². The first-order valence-corrected chi connectivity index (χ1v) is 7.77. The van der Waals surface area contributed by atoms with Gasteiger partial charge in [0.25, 0.3) is 5.91 Å². The van der Waals surface area contributed by atoms with Gasteiger partial charge < -0.3 is 4.42 Å². The van der Waals surface area contributed by atoms with E-state index in [2.05, 4.69) is 0 Å². The highest BCUT2D eigenvalue weighted by Gasteiger charge is 2.33. The van der Waals surface area contributed by atoms with Crippen LogP contribution in [0.1, 0.15) is 11.3 Å². The molecular weight excluding hydrogens is 336 g/mol. The Kier molecular flexibility index (Phi) is 4.01. The van der Waals surface area contributed by atoms with Crippen molar-refractivity contribution in [1.29, 1.82) is 0 Å². The van der Waals surface area contributed by atoms with Gasteiger partial charge in [0.2, 0.25) is 0 Å². The van der Waals surface area contributed by atoms with E-state index in [0.29, 0.717) is 14.9 Å². The molecule has 2 heterocycles. The average Bonchev–Trinajstić information content (AvgIpc) is 3.05. The average molecular weight is 346 g/mol. The molecule has 0 N–H and O–H groups in total. The minimum absolute atomic E-state index is 0.237. The number of furan rings is 1. The first-order chi connectivity index (χ1) is 11.0. The molecule has 8 heteroatoms. The number of thiocarbonyl (C=S) groups is 1. The summed E-state index contributed by atoms with van der Waals surface area (Å²) in [6.07, 6.45) is 1.46. The highest BCUT2D eigenvalue weighted by molar-refractivity contribution is 8.27. The Bertz CT molecular complexity index is 857. The van der Waals surface area contributed by atoms with Crippen LogP contribution in [0.5, 0.6) is 0 Å². The van der Waals surface area contributed by atoms with Crippen LogP contribution in [0.3, 0.4) is 0 Å². The van der Waals surface area contributed by atoms with Crippen molar-refractivity contribution in [3.8, 4) is 0 Å². The van der Waals surface area contributed by atoms with Gasteiger partial charge in [0, 0.05) is 6.08 Å². The molecule has 1 saturated heterocycles. The van der Waals surface area contributed by atoms with Crippen LogP contribution in [-0.4, -0.2) is 15.2 Å². The van der Waals surface area contributed by atoms with Crippen molar-refractivity contribution in [3.63, 3.8) is 0 Å². The molecule has 1 aromatic heterocycles. The van der Waals surface area contributed by atoms with Gasteiger partial charge >= 0.3 is 5.88 Å². The molecule has 3 rings (SSSR count). The smallest absolute Gasteiger partial charge is 0.401 e. The predicted molar refractivity (Wildman–Crippen MR) is 92.2 cm³/mol. The van der Waals surface area contributed by atoms with Crippen molar-refractivity contribution < 1.29 is 14.1 Å². The van der Waals surface area contributed by atoms with Crippen LogP contribution in [0, 0.1) is 17.0 Å². The van der Waals surface area contributed by atoms with Crippen molar-refractivity contribution >= 4 is 51.9 Å². The van der Waals surface area contributed by atoms with Gasteiger partial charge in [0.15, 0.2) is 4.32 Å². The Morgan fingerprint density at radius 1 is 1.35 bits per heavy atom. The molecule has 1 amide bonds. The number of anilines is 1. The summed E-state index contributed by atoms with van der Waals surface area (Å²) in [6, 6.07) is 10.1. The monoisotopic (exact) mass is 346 g/mol. The quantitative estimate of drug-likeness (QED) is 0.363. The Balaban J connectivity index is 1.91. The maximum Gasteiger partial charge on any atom is 0.433 e. The molecule has 1 aromatic carbocycles. The summed E-state index contributed by atoms with van der Waals surface area (Å²) >= 11 is 6.41. The van der Waals surface area contributed by atoms with Crippen molar-refractivity contribution in [1.82, 2.24) is 0 Å². The van der Waals surface area contributed by atoms with E-state index < -0.39 is 4.92 Å². The van der Waals surface area contributed by atoms with Crippen LogP contribution < -0.4 is 4.90 Å². The van der Waals surface area contributed by atoms with Crippen molar-refractivity contribution in [2.75, 3.05) is 4.90 Å². The normalized spacial score (nSPS) is 16.4. The maximum atomic E-state index is 12.5. The maximum absolute atomic E-state index is 12.5. The third-order valence-electron chi connectivity index (χ3n) is 3.12. The fourth-order valence-electron chi connectivity index (χ4n) is 2.10.